The molecule has 0 aliphatic rings. The van der Waals surface area contributed by atoms with Gasteiger partial charge in [0.25, 0.3) is 10.2 Å². The maximum absolute atomic E-state index is 11.2. The predicted octanol–water partition coefficient (Wildman–Crippen LogP) is 0.000780. The Kier molecular flexibility index (Phi) is 4.37. The molecule has 0 bridgehead atoms. The van der Waals surface area contributed by atoms with Crippen LogP contribution in [0, 0.1) is 11.3 Å². The molecule has 6 nitrogen and oxygen atoms in total. The van der Waals surface area contributed by atoms with E-state index in [1.807, 2.05) is 6.07 Å². The van der Waals surface area contributed by atoms with Crippen LogP contribution in [-0.2, 0) is 16.8 Å². The predicted molar refractivity (Wildman–Crippen MR) is 58.0 cm³/mol. The highest BCUT2D eigenvalue weighted by atomic mass is 32.2. The van der Waals surface area contributed by atoms with Crippen molar-refractivity contribution in [2.75, 3.05) is 6.54 Å². The Bertz CT molecular complexity index is 466. The summed E-state index contributed by atoms with van der Waals surface area (Å²) in [5.74, 6) is 0. The molecule has 0 atom stereocenters. The van der Waals surface area contributed by atoms with Crippen molar-refractivity contribution in [2.24, 2.45) is 5.14 Å². The van der Waals surface area contributed by atoms with Gasteiger partial charge in [-0.05, 0) is 11.6 Å². The van der Waals surface area contributed by atoms with Gasteiger partial charge in [0.1, 0.15) is 0 Å². The Morgan fingerprint density at radius 1 is 1.56 bits per heavy atom. The van der Waals surface area contributed by atoms with Crippen molar-refractivity contribution in [2.45, 2.75) is 13.0 Å². The maximum Gasteiger partial charge on any atom is 0.277 e. The first kappa shape index (κ1) is 12.6. The topological polar surface area (TPSA) is 100 Å². The monoisotopic (exact) mass is 240 g/mol. The van der Waals surface area contributed by atoms with Gasteiger partial charge >= 0.3 is 0 Å². The summed E-state index contributed by atoms with van der Waals surface area (Å²) in [6, 6.07) is 5.34. The number of aromatic nitrogens is 1. The Labute approximate surface area is 94.5 Å². The smallest absolute Gasteiger partial charge is 0.264 e. The maximum atomic E-state index is 11.2. The fourth-order valence-corrected chi connectivity index (χ4v) is 1.84. The molecule has 7 heteroatoms. The third kappa shape index (κ3) is 3.94. The minimum Gasteiger partial charge on any atom is -0.264 e. The van der Waals surface area contributed by atoms with E-state index in [9.17, 15) is 8.42 Å². The summed E-state index contributed by atoms with van der Waals surface area (Å²) >= 11 is 0. The van der Waals surface area contributed by atoms with E-state index in [1.54, 1.807) is 24.5 Å². The van der Waals surface area contributed by atoms with Crippen molar-refractivity contribution < 1.29 is 8.42 Å². The fourth-order valence-electron chi connectivity index (χ4n) is 1.17. The van der Waals surface area contributed by atoms with E-state index < -0.39 is 10.2 Å². The zero-order valence-electron chi connectivity index (χ0n) is 8.57. The minimum absolute atomic E-state index is 0.0875. The van der Waals surface area contributed by atoms with Crippen molar-refractivity contribution in [3.63, 3.8) is 0 Å². The van der Waals surface area contributed by atoms with Gasteiger partial charge in [-0.25, -0.2) is 5.14 Å². The molecule has 0 unspecified atom stereocenters. The molecule has 0 spiro atoms. The van der Waals surface area contributed by atoms with Gasteiger partial charge in [-0.15, -0.1) is 0 Å². The number of nitrogens with two attached hydrogens (primary N) is 1. The lowest BCUT2D eigenvalue weighted by molar-refractivity contribution is 0.413. The Morgan fingerprint density at radius 3 is 2.81 bits per heavy atom. The molecule has 1 aromatic rings. The molecule has 0 radical (unpaired) electrons. The zero-order chi connectivity index (χ0) is 12.0. The highest BCUT2D eigenvalue weighted by molar-refractivity contribution is 7.86. The molecular weight excluding hydrogens is 228 g/mol. The molecule has 16 heavy (non-hydrogen) atoms. The van der Waals surface area contributed by atoms with Crippen LogP contribution in [0.1, 0.15) is 12.0 Å². The molecule has 0 aliphatic carbocycles. The lowest BCUT2D eigenvalue weighted by Crippen LogP contribution is -2.36. The van der Waals surface area contributed by atoms with E-state index in [0.717, 1.165) is 9.87 Å². The molecule has 0 saturated heterocycles. The van der Waals surface area contributed by atoms with Crippen LogP contribution in [0.15, 0.2) is 24.5 Å². The molecule has 0 amide bonds. The summed E-state index contributed by atoms with van der Waals surface area (Å²) in [6.45, 7) is 0.221. The van der Waals surface area contributed by atoms with Gasteiger partial charge in [-0.3, -0.25) is 4.98 Å². The Morgan fingerprint density at radius 2 is 2.31 bits per heavy atom. The molecule has 0 aliphatic heterocycles. The van der Waals surface area contributed by atoms with Crippen molar-refractivity contribution in [1.82, 2.24) is 9.29 Å². The average molecular weight is 240 g/mol. The van der Waals surface area contributed by atoms with Crippen LogP contribution in [0.5, 0.6) is 0 Å². The first-order valence-electron chi connectivity index (χ1n) is 4.58. The number of nitriles is 1. The van der Waals surface area contributed by atoms with Gasteiger partial charge in [0, 0.05) is 31.9 Å². The van der Waals surface area contributed by atoms with Crippen LogP contribution in [0.25, 0.3) is 0 Å². The van der Waals surface area contributed by atoms with E-state index in [4.69, 9.17) is 10.4 Å². The van der Waals surface area contributed by atoms with Crippen LogP contribution >= 0.6 is 0 Å². The van der Waals surface area contributed by atoms with Gasteiger partial charge in [0.15, 0.2) is 0 Å². The van der Waals surface area contributed by atoms with Gasteiger partial charge in [-0.2, -0.15) is 18.0 Å². The van der Waals surface area contributed by atoms with Crippen LogP contribution < -0.4 is 5.14 Å². The van der Waals surface area contributed by atoms with Gasteiger partial charge in [0.2, 0.25) is 0 Å². The van der Waals surface area contributed by atoms with Crippen molar-refractivity contribution in [3.05, 3.63) is 30.1 Å². The second-order valence-corrected chi connectivity index (χ2v) is 4.69. The molecule has 0 saturated carbocycles. The molecule has 0 fully saturated rings. The Balaban J connectivity index is 2.76. The highest BCUT2D eigenvalue weighted by Gasteiger charge is 2.16. The van der Waals surface area contributed by atoms with E-state index >= 15 is 0 Å². The molecule has 2 N–H and O–H groups in total. The lowest BCUT2D eigenvalue weighted by Gasteiger charge is -2.17. The average Bonchev–Trinajstić information content (AvgIpc) is 2.24. The molecule has 1 rings (SSSR count). The number of hydrogen-bond donors (Lipinski definition) is 1. The molecular formula is C9H12N4O2S. The van der Waals surface area contributed by atoms with Crippen LogP contribution in [0.4, 0.5) is 0 Å². The standard InChI is InChI=1S/C9H12N4O2S/c10-4-2-6-13(16(11,14)15)8-9-3-1-5-12-7-9/h1,3,5,7H,2,6,8H2,(H2,11,14,15). The van der Waals surface area contributed by atoms with E-state index in [0.29, 0.717) is 0 Å². The largest absolute Gasteiger partial charge is 0.277 e. The lowest BCUT2D eigenvalue weighted by atomic mass is 10.3. The summed E-state index contributed by atoms with van der Waals surface area (Å²) in [6.07, 6.45) is 3.27. The molecule has 1 heterocycles. The van der Waals surface area contributed by atoms with E-state index in [1.165, 1.54) is 0 Å². The van der Waals surface area contributed by atoms with Crippen LogP contribution in [-0.4, -0.2) is 24.3 Å². The second-order valence-electron chi connectivity index (χ2n) is 3.15. The van der Waals surface area contributed by atoms with Crippen LogP contribution in [0.2, 0.25) is 0 Å². The summed E-state index contributed by atoms with van der Waals surface area (Å²) in [4.78, 5) is 3.87. The van der Waals surface area contributed by atoms with Crippen molar-refractivity contribution in [1.29, 1.82) is 5.26 Å². The molecule has 86 valence electrons. The Hall–Kier alpha value is -1.49. The normalized spacial score (nSPS) is 11.3. The summed E-state index contributed by atoms with van der Waals surface area (Å²) in [7, 11) is -3.78. The fraction of sp³-hybridized carbons (Fsp3) is 0.333. The van der Waals surface area contributed by atoms with Gasteiger partial charge in [-0.1, -0.05) is 6.07 Å². The SMILES string of the molecule is N#CCCN(Cc1cccnc1)S(N)(=O)=O. The van der Waals surface area contributed by atoms with Gasteiger partial charge < -0.3 is 0 Å². The van der Waals surface area contributed by atoms with Crippen molar-refractivity contribution in [3.8, 4) is 6.07 Å². The van der Waals surface area contributed by atoms with Crippen LogP contribution in [0.3, 0.4) is 0 Å². The third-order valence-corrected chi connectivity index (χ3v) is 2.95. The first-order chi connectivity index (χ1) is 7.54. The summed E-state index contributed by atoms with van der Waals surface area (Å²) in [5, 5.41) is 13.5. The van der Waals surface area contributed by atoms with Crippen molar-refractivity contribution >= 4 is 10.2 Å². The third-order valence-electron chi connectivity index (χ3n) is 1.91. The number of pyridine rings is 1. The van der Waals surface area contributed by atoms with E-state index in [-0.39, 0.29) is 19.5 Å². The number of nitrogens with zero attached hydrogens (tertiary/aromatic N) is 3. The quantitative estimate of drug-likeness (QED) is 0.782. The zero-order valence-corrected chi connectivity index (χ0v) is 9.39. The second kappa shape index (κ2) is 5.55. The van der Waals surface area contributed by atoms with E-state index in [2.05, 4.69) is 4.98 Å². The summed E-state index contributed by atoms with van der Waals surface area (Å²) < 4.78 is 23.5. The molecule has 1 aromatic heterocycles. The number of rotatable bonds is 5. The first-order valence-corrected chi connectivity index (χ1v) is 6.08. The molecule has 0 aromatic carbocycles. The van der Waals surface area contributed by atoms with Gasteiger partial charge in [0.05, 0.1) is 6.07 Å². The number of hydrogen-bond acceptors (Lipinski definition) is 4. The summed E-state index contributed by atoms with van der Waals surface area (Å²) in [5.41, 5.74) is 0.731. The highest BCUT2D eigenvalue weighted by Crippen LogP contribution is 2.06. The minimum atomic E-state index is -3.78.